The van der Waals surface area contributed by atoms with Gasteiger partial charge in [-0.15, -0.1) is 0 Å². The summed E-state index contributed by atoms with van der Waals surface area (Å²) < 4.78 is 86.1. The summed E-state index contributed by atoms with van der Waals surface area (Å²) in [5.41, 5.74) is 0. The summed E-state index contributed by atoms with van der Waals surface area (Å²) in [6.45, 7) is 0. The van der Waals surface area contributed by atoms with Gasteiger partial charge in [-0.25, -0.2) is 0 Å². The molecule has 6 nitrogen and oxygen atoms in total. The Morgan fingerprint density at radius 2 is 1.74 bits per heavy atom. The van der Waals surface area contributed by atoms with Crippen molar-refractivity contribution >= 4 is 16.1 Å². The summed E-state index contributed by atoms with van der Waals surface area (Å²) in [6.07, 6.45) is -2.59. The highest BCUT2D eigenvalue weighted by Crippen LogP contribution is 2.46. The molecule has 2 saturated carbocycles. The topological polar surface area (TPSA) is 101 Å². The van der Waals surface area contributed by atoms with Crippen molar-refractivity contribution in [2.24, 2.45) is 11.8 Å². The Kier molecular flexibility index (Phi) is 4.68. The minimum absolute atomic E-state index is 0.0249. The predicted octanol–water partition coefficient (Wildman–Crippen LogP) is 1.59. The van der Waals surface area contributed by atoms with Crippen LogP contribution in [0.4, 0.5) is 17.6 Å². The lowest BCUT2D eigenvalue weighted by atomic mass is 9.95. The van der Waals surface area contributed by atoms with E-state index in [4.69, 9.17) is 9.29 Å². The smallest absolute Gasteiger partial charge is 0.431 e. The molecule has 2 aliphatic carbocycles. The third-order valence-corrected chi connectivity index (χ3v) is 5.40. The summed E-state index contributed by atoms with van der Waals surface area (Å²) in [4.78, 5) is 11.5. The molecule has 2 N–H and O–H groups in total. The Balaban J connectivity index is 1.91. The minimum atomic E-state index is -6.32. The second-order valence-corrected chi connectivity index (χ2v) is 7.44. The van der Waals surface area contributed by atoms with Gasteiger partial charge in [0.05, 0.1) is 12.5 Å². The maximum Gasteiger partial charge on any atom is 0.431 e. The number of rotatable bonds is 6. The average molecular weight is 364 g/mol. The van der Waals surface area contributed by atoms with Crippen molar-refractivity contribution in [2.75, 3.05) is 0 Å². The first-order valence-corrected chi connectivity index (χ1v) is 8.41. The van der Waals surface area contributed by atoms with Crippen molar-refractivity contribution in [3.05, 3.63) is 0 Å². The maximum atomic E-state index is 13.3. The molecule has 0 amide bonds. The van der Waals surface area contributed by atoms with Crippen LogP contribution in [0.3, 0.4) is 0 Å². The number of esters is 1. The molecule has 4 atom stereocenters. The van der Waals surface area contributed by atoms with Gasteiger partial charge in [-0.2, -0.15) is 26.0 Å². The van der Waals surface area contributed by atoms with Crippen LogP contribution in [0.25, 0.3) is 0 Å². The maximum absolute atomic E-state index is 13.3. The van der Waals surface area contributed by atoms with E-state index in [0.717, 1.165) is 12.8 Å². The molecule has 2 rings (SSSR count). The van der Waals surface area contributed by atoms with Crippen molar-refractivity contribution in [1.82, 2.24) is 0 Å². The van der Waals surface area contributed by atoms with Crippen LogP contribution in [0.5, 0.6) is 0 Å². The van der Waals surface area contributed by atoms with Gasteiger partial charge in [0.1, 0.15) is 6.10 Å². The molecule has 0 spiro atoms. The number of hydrogen-bond donors (Lipinski definition) is 2. The average Bonchev–Trinajstić information content (AvgIpc) is 2.99. The molecule has 0 aromatic heterocycles. The van der Waals surface area contributed by atoms with Gasteiger partial charge in [-0.3, -0.25) is 9.35 Å². The van der Waals surface area contributed by atoms with E-state index in [1.807, 2.05) is 0 Å². The molecule has 0 radical (unpaired) electrons. The highest BCUT2D eigenvalue weighted by Gasteiger charge is 2.65. The zero-order valence-corrected chi connectivity index (χ0v) is 12.6. The fourth-order valence-electron chi connectivity index (χ4n) is 3.18. The standard InChI is InChI=1S/C12H16F4O6S/c13-11(14,12(15,16)23(19,20)21)4-3-8(17)22-10-7-2-1-6(5-7)9(10)18/h6-7,9-10,18H,1-5H2,(H,19,20,21). The molecule has 0 aromatic rings. The molecule has 134 valence electrons. The predicted molar refractivity (Wildman–Crippen MR) is 67.4 cm³/mol. The van der Waals surface area contributed by atoms with E-state index in [2.05, 4.69) is 0 Å². The molecule has 0 aromatic carbocycles. The van der Waals surface area contributed by atoms with E-state index in [0.29, 0.717) is 6.42 Å². The van der Waals surface area contributed by atoms with Gasteiger partial charge in [0.15, 0.2) is 0 Å². The molecule has 0 aliphatic heterocycles. The SMILES string of the molecule is O=C(CCC(F)(F)C(F)(F)S(=O)(=O)O)OC1C2CCC(C2)C1O. The van der Waals surface area contributed by atoms with E-state index in [-0.39, 0.29) is 11.8 Å². The number of carbonyl (C=O) groups excluding carboxylic acids is 1. The molecule has 23 heavy (non-hydrogen) atoms. The molecule has 2 fully saturated rings. The van der Waals surface area contributed by atoms with Crippen molar-refractivity contribution in [2.45, 2.75) is 55.5 Å². The highest BCUT2D eigenvalue weighted by molar-refractivity contribution is 7.87. The number of carbonyl (C=O) groups is 1. The Morgan fingerprint density at radius 3 is 2.22 bits per heavy atom. The van der Waals surface area contributed by atoms with Gasteiger partial charge < -0.3 is 9.84 Å². The molecule has 0 saturated heterocycles. The lowest BCUT2D eigenvalue weighted by Gasteiger charge is -2.27. The van der Waals surface area contributed by atoms with E-state index < -0.39 is 52.3 Å². The number of halogens is 4. The number of aliphatic hydroxyl groups excluding tert-OH is 1. The Hall–Kier alpha value is -0.940. The first-order valence-electron chi connectivity index (χ1n) is 6.97. The largest absolute Gasteiger partial charge is 0.459 e. The summed E-state index contributed by atoms with van der Waals surface area (Å²) in [5, 5.41) is 4.13. The molecule has 4 unspecified atom stereocenters. The van der Waals surface area contributed by atoms with Gasteiger partial charge in [-0.05, 0) is 31.1 Å². The fourth-order valence-corrected chi connectivity index (χ4v) is 3.66. The normalized spacial score (nSPS) is 31.4. The molecular weight excluding hydrogens is 348 g/mol. The van der Waals surface area contributed by atoms with Gasteiger partial charge in [0.2, 0.25) is 0 Å². The lowest BCUT2D eigenvalue weighted by molar-refractivity contribution is -0.176. The second-order valence-electron chi connectivity index (χ2n) is 5.97. The van der Waals surface area contributed by atoms with E-state index in [1.54, 1.807) is 0 Å². The zero-order chi connectivity index (χ0) is 17.6. The van der Waals surface area contributed by atoms with Crippen molar-refractivity contribution in [3.8, 4) is 0 Å². The summed E-state index contributed by atoms with van der Waals surface area (Å²) in [5.74, 6) is -6.47. The summed E-state index contributed by atoms with van der Waals surface area (Å²) in [6, 6.07) is 0. The number of aliphatic hydroxyl groups is 1. The van der Waals surface area contributed by atoms with Gasteiger partial charge in [-0.1, -0.05) is 0 Å². The van der Waals surface area contributed by atoms with Crippen molar-refractivity contribution in [3.63, 3.8) is 0 Å². The van der Waals surface area contributed by atoms with Crippen LogP contribution in [-0.2, 0) is 19.6 Å². The number of fused-ring (bicyclic) bond motifs is 2. The van der Waals surface area contributed by atoms with E-state index in [9.17, 15) is 35.9 Å². The Morgan fingerprint density at radius 1 is 1.17 bits per heavy atom. The first-order chi connectivity index (χ1) is 10.4. The molecule has 2 bridgehead atoms. The van der Waals surface area contributed by atoms with Crippen LogP contribution in [-0.4, -0.2) is 47.4 Å². The Labute approximate surface area is 129 Å². The summed E-state index contributed by atoms with van der Waals surface area (Å²) in [7, 11) is -6.32. The lowest BCUT2D eigenvalue weighted by Crippen LogP contribution is -2.47. The first kappa shape index (κ1) is 18.4. The van der Waals surface area contributed by atoms with Gasteiger partial charge in [0.25, 0.3) is 0 Å². The van der Waals surface area contributed by atoms with Crippen LogP contribution in [0.15, 0.2) is 0 Å². The van der Waals surface area contributed by atoms with E-state index in [1.165, 1.54) is 0 Å². The van der Waals surface area contributed by atoms with E-state index >= 15 is 0 Å². The Bertz CT molecular complexity index is 576. The minimum Gasteiger partial charge on any atom is -0.459 e. The molecule has 2 aliphatic rings. The van der Waals surface area contributed by atoms with Crippen LogP contribution in [0.2, 0.25) is 0 Å². The number of alkyl halides is 4. The molecular formula is C12H16F4O6S. The van der Waals surface area contributed by atoms with Crippen LogP contribution in [0.1, 0.15) is 32.1 Å². The monoisotopic (exact) mass is 364 g/mol. The van der Waals surface area contributed by atoms with Crippen molar-refractivity contribution in [1.29, 1.82) is 0 Å². The molecule has 11 heteroatoms. The second kappa shape index (κ2) is 5.85. The summed E-state index contributed by atoms with van der Waals surface area (Å²) >= 11 is 0. The molecule has 0 heterocycles. The van der Waals surface area contributed by atoms with Gasteiger partial charge in [0, 0.05) is 6.42 Å². The van der Waals surface area contributed by atoms with Crippen LogP contribution >= 0.6 is 0 Å². The van der Waals surface area contributed by atoms with Crippen LogP contribution < -0.4 is 0 Å². The van der Waals surface area contributed by atoms with Crippen molar-refractivity contribution < 1.29 is 45.2 Å². The third kappa shape index (κ3) is 3.31. The van der Waals surface area contributed by atoms with Gasteiger partial charge >= 0.3 is 27.3 Å². The van der Waals surface area contributed by atoms with Crippen LogP contribution in [0, 0.1) is 11.8 Å². The number of hydrogen-bond acceptors (Lipinski definition) is 5. The third-order valence-electron chi connectivity index (χ3n) is 4.46. The number of ether oxygens (including phenoxy) is 1. The quantitative estimate of drug-likeness (QED) is 0.422. The zero-order valence-electron chi connectivity index (χ0n) is 11.8. The fraction of sp³-hybridized carbons (Fsp3) is 0.917. The highest BCUT2D eigenvalue weighted by atomic mass is 32.2.